The van der Waals surface area contributed by atoms with Crippen LogP contribution in [0.5, 0.6) is 5.75 Å². The number of benzene rings is 1. The summed E-state index contributed by atoms with van der Waals surface area (Å²) in [5.74, 6) is -0.310. The zero-order chi connectivity index (χ0) is 13.1. The lowest BCUT2D eigenvalue weighted by Crippen LogP contribution is -2.02. The van der Waals surface area contributed by atoms with E-state index in [4.69, 9.17) is 9.84 Å². The van der Waals surface area contributed by atoms with Crippen molar-refractivity contribution in [3.63, 3.8) is 0 Å². The highest BCUT2D eigenvalue weighted by Crippen LogP contribution is 2.23. The van der Waals surface area contributed by atoms with Crippen molar-refractivity contribution in [2.75, 3.05) is 7.11 Å². The Kier molecular flexibility index (Phi) is 3.28. The fraction of sp³-hybridized carbons (Fsp3) is 0.143. The van der Waals surface area contributed by atoms with E-state index in [1.807, 2.05) is 37.3 Å². The zero-order valence-electron chi connectivity index (χ0n) is 10.2. The first-order valence-corrected chi connectivity index (χ1v) is 5.46. The van der Waals surface area contributed by atoms with Gasteiger partial charge in [-0.15, -0.1) is 0 Å². The molecule has 1 heterocycles. The van der Waals surface area contributed by atoms with Gasteiger partial charge in [-0.2, -0.15) is 0 Å². The van der Waals surface area contributed by atoms with Gasteiger partial charge in [0.25, 0.3) is 0 Å². The first-order chi connectivity index (χ1) is 8.60. The number of hydrogen-bond donors (Lipinski definition) is 1. The molecule has 0 spiro atoms. The third-order valence-corrected chi connectivity index (χ3v) is 2.55. The number of nitrogens with zero attached hydrogens (tertiary/aromatic N) is 1. The van der Waals surface area contributed by atoms with Crippen LogP contribution >= 0.6 is 0 Å². The molecular weight excluding hydrogens is 230 g/mol. The number of carboxylic acids is 1. The van der Waals surface area contributed by atoms with Gasteiger partial charge >= 0.3 is 5.97 Å². The summed E-state index contributed by atoms with van der Waals surface area (Å²) in [5.41, 5.74) is 2.37. The summed E-state index contributed by atoms with van der Waals surface area (Å²) >= 11 is 0. The number of pyridine rings is 1. The second kappa shape index (κ2) is 4.87. The monoisotopic (exact) mass is 243 g/mol. The fourth-order valence-electron chi connectivity index (χ4n) is 1.71. The maximum absolute atomic E-state index is 11.0. The van der Waals surface area contributed by atoms with Crippen molar-refractivity contribution < 1.29 is 14.6 Å². The molecule has 1 N–H and O–H groups in total. The third kappa shape index (κ3) is 2.48. The van der Waals surface area contributed by atoms with Gasteiger partial charge in [0.05, 0.1) is 12.8 Å². The summed E-state index contributed by atoms with van der Waals surface area (Å²) in [6.45, 7) is 1.85. The maximum atomic E-state index is 11.0. The van der Waals surface area contributed by atoms with Crippen LogP contribution in [0.15, 0.2) is 36.4 Å². The summed E-state index contributed by atoms with van der Waals surface area (Å²) in [7, 11) is 1.59. The van der Waals surface area contributed by atoms with E-state index in [1.54, 1.807) is 13.2 Å². The van der Waals surface area contributed by atoms with Gasteiger partial charge < -0.3 is 9.84 Å². The number of carboxylic acid groups (broad SMARTS) is 1. The van der Waals surface area contributed by atoms with Crippen molar-refractivity contribution in [3.8, 4) is 17.0 Å². The van der Waals surface area contributed by atoms with Gasteiger partial charge in [-0.1, -0.05) is 12.1 Å². The molecule has 4 heteroatoms. The summed E-state index contributed by atoms with van der Waals surface area (Å²) < 4.78 is 5.14. The van der Waals surface area contributed by atoms with Crippen LogP contribution in [0, 0.1) is 6.92 Å². The lowest BCUT2D eigenvalue weighted by atomic mass is 10.1. The van der Waals surface area contributed by atoms with Crippen LogP contribution in [0.1, 0.15) is 16.1 Å². The van der Waals surface area contributed by atoms with Crippen LogP contribution in [0.4, 0.5) is 0 Å². The molecule has 0 aliphatic rings. The molecule has 0 amide bonds. The standard InChI is InChI=1S/C14H13NO3/c1-9-6-12(15-13(7-9)14(16)17)10-4-3-5-11(8-10)18-2/h3-8H,1-2H3,(H,16,17). The normalized spacial score (nSPS) is 10.1. The van der Waals surface area contributed by atoms with Crippen LogP contribution in [-0.2, 0) is 0 Å². The molecule has 0 aliphatic carbocycles. The number of aryl methyl sites for hydroxylation is 1. The quantitative estimate of drug-likeness (QED) is 0.900. The predicted molar refractivity (Wildman–Crippen MR) is 67.9 cm³/mol. The number of methoxy groups -OCH3 is 1. The Morgan fingerprint density at radius 1 is 1.28 bits per heavy atom. The minimum Gasteiger partial charge on any atom is -0.497 e. The molecule has 0 unspecified atom stereocenters. The predicted octanol–water partition coefficient (Wildman–Crippen LogP) is 2.76. The Morgan fingerprint density at radius 2 is 2.06 bits per heavy atom. The molecule has 0 aliphatic heterocycles. The molecule has 18 heavy (non-hydrogen) atoms. The van der Waals surface area contributed by atoms with Crippen molar-refractivity contribution >= 4 is 5.97 Å². The molecule has 0 bridgehead atoms. The smallest absolute Gasteiger partial charge is 0.354 e. The molecule has 4 nitrogen and oxygen atoms in total. The largest absolute Gasteiger partial charge is 0.497 e. The highest BCUT2D eigenvalue weighted by molar-refractivity contribution is 5.86. The van der Waals surface area contributed by atoms with E-state index in [1.165, 1.54) is 0 Å². The molecule has 0 saturated heterocycles. The Labute approximate surface area is 105 Å². The third-order valence-electron chi connectivity index (χ3n) is 2.55. The van der Waals surface area contributed by atoms with E-state index in [9.17, 15) is 4.79 Å². The van der Waals surface area contributed by atoms with E-state index >= 15 is 0 Å². The second-order valence-electron chi connectivity index (χ2n) is 3.95. The van der Waals surface area contributed by atoms with Gasteiger partial charge in [0, 0.05) is 5.56 Å². The summed E-state index contributed by atoms with van der Waals surface area (Å²) in [4.78, 5) is 15.1. The maximum Gasteiger partial charge on any atom is 0.354 e. The molecule has 2 rings (SSSR count). The average molecular weight is 243 g/mol. The molecule has 1 aromatic heterocycles. The minimum atomic E-state index is -1.03. The number of aromatic carboxylic acids is 1. The van der Waals surface area contributed by atoms with Crippen molar-refractivity contribution in [2.45, 2.75) is 6.92 Å². The zero-order valence-corrected chi connectivity index (χ0v) is 10.2. The second-order valence-corrected chi connectivity index (χ2v) is 3.95. The Balaban J connectivity index is 2.52. The van der Waals surface area contributed by atoms with Crippen LogP contribution in [0.25, 0.3) is 11.3 Å². The minimum absolute atomic E-state index is 0.0489. The van der Waals surface area contributed by atoms with E-state index in [2.05, 4.69) is 4.98 Å². The number of ether oxygens (including phenoxy) is 1. The number of rotatable bonds is 3. The Morgan fingerprint density at radius 3 is 2.72 bits per heavy atom. The number of carbonyl (C=O) groups is 1. The molecule has 92 valence electrons. The van der Waals surface area contributed by atoms with Crippen LogP contribution in [-0.4, -0.2) is 23.2 Å². The van der Waals surface area contributed by atoms with Crippen molar-refractivity contribution in [1.29, 1.82) is 0 Å². The van der Waals surface area contributed by atoms with Crippen LogP contribution < -0.4 is 4.74 Å². The van der Waals surface area contributed by atoms with Gasteiger partial charge in [-0.05, 0) is 36.8 Å². The van der Waals surface area contributed by atoms with E-state index in [-0.39, 0.29) is 5.69 Å². The van der Waals surface area contributed by atoms with E-state index < -0.39 is 5.97 Å². The van der Waals surface area contributed by atoms with Crippen molar-refractivity contribution in [1.82, 2.24) is 4.98 Å². The summed E-state index contributed by atoms with van der Waals surface area (Å²) in [6, 6.07) is 10.8. The van der Waals surface area contributed by atoms with E-state index in [0.717, 1.165) is 11.1 Å². The van der Waals surface area contributed by atoms with Crippen molar-refractivity contribution in [2.24, 2.45) is 0 Å². The Hall–Kier alpha value is -2.36. The van der Waals surface area contributed by atoms with E-state index in [0.29, 0.717) is 11.4 Å². The molecule has 0 atom stereocenters. The summed E-state index contributed by atoms with van der Waals surface area (Å²) in [6.07, 6.45) is 0. The van der Waals surface area contributed by atoms with Crippen LogP contribution in [0.3, 0.4) is 0 Å². The van der Waals surface area contributed by atoms with Gasteiger partial charge in [-0.25, -0.2) is 9.78 Å². The summed E-state index contributed by atoms with van der Waals surface area (Å²) in [5, 5.41) is 8.99. The van der Waals surface area contributed by atoms with Gasteiger partial charge in [0.2, 0.25) is 0 Å². The molecule has 0 radical (unpaired) electrons. The average Bonchev–Trinajstić information content (AvgIpc) is 2.38. The fourth-order valence-corrected chi connectivity index (χ4v) is 1.71. The highest BCUT2D eigenvalue weighted by Gasteiger charge is 2.09. The SMILES string of the molecule is COc1cccc(-c2cc(C)cc(C(=O)O)n2)c1. The number of hydrogen-bond acceptors (Lipinski definition) is 3. The highest BCUT2D eigenvalue weighted by atomic mass is 16.5. The van der Waals surface area contributed by atoms with Gasteiger partial charge in [0.15, 0.2) is 0 Å². The molecule has 0 fully saturated rings. The van der Waals surface area contributed by atoms with Gasteiger partial charge in [-0.3, -0.25) is 0 Å². The topological polar surface area (TPSA) is 59.4 Å². The van der Waals surface area contributed by atoms with Gasteiger partial charge in [0.1, 0.15) is 11.4 Å². The molecule has 0 saturated carbocycles. The van der Waals surface area contributed by atoms with Crippen molar-refractivity contribution in [3.05, 3.63) is 47.7 Å². The van der Waals surface area contributed by atoms with Crippen LogP contribution in [0.2, 0.25) is 0 Å². The number of aromatic nitrogens is 1. The lowest BCUT2D eigenvalue weighted by Gasteiger charge is -2.06. The molecule has 2 aromatic rings. The first kappa shape index (κ1) is 12.1. The Bertz CT molecular complexity index is 593. The first-order valence-electron chi connectivity index (χ1n) is 5.46. The molecule has 1 aromatic carbocycles. The molecular formula is C14H13NO3. The lowest BCUT2D eigenvalue weighted by molar-refractivity contribution is 0.0690.